The second-order valence-corrected chi connectivity index (χ2v) is 4.41. The van der Waals surface area contributed by atoms with E-state index in [2.05, 4.69) is 4.98 Å². The first kappa shape index (κ1) is 10.4. The third-order valence-electron chi connectivity index (χ3n) is 3.04. The van der Waals surface area contributed by atoms with E-state index >= 15 is 0 Å². The molecule has 1 fully saturated rings. The number of hydrogen-bond donors (Lipinski definition) is 1. The fourth-order valence-corrected chi connectivity index (χ4v) is 2.16. The number of oxazole rings is 1. The number of benzene rings is 1. The minimum absolute atomic E-state index is 0.363. The lowest BCUT2D eigenvalue weighted by atomic mass is 10.1. The summed E-state index contributed by atoms with van der Waals surface area (Å²) in [7, 11) is 0. The fraction of sp³-hybridized carbons (Fsp3) is 0.417. The van der Waals surface area contributed by atoms with Crippen molar-refractivity contribution in [2.45, 2.75) is 19.0 Å². The van der Waals surface area contributed by atoms with Gasteiger partial charge in [-0.3, -0.25) is 0 Å². The Hall–Kier alpha value is -1.78. The van der Waals surface area contributed by atoms with E-state index in [-0.39, 0.29) is 0 Å². The summed E-state index contributed by atoms with van der Waals surface area (Å²) in [6, 6.07) is 5.83. The van der Waals surface area contributed by atoms with Gasteiger partial charge in [0.25, 0.3) is 6.01 Å². The number of halogens is 1. The number of nitrogens with two attached hydrogens (primary N) is 1. The average Bonchev–Trinajstić information content (AvgIpc) is 2.72. The van der Waals surface area contributed by atoms with Crippen molar-refractivity contribution in [3.8, 4) is 0 Å². The van der Waals surface area contributed by atoms with Gasteiger partial charge in [-0.2, -0.15) is 4.98 Å². The van der Waals surface area contributed by atoms with Crippen LogP contribution in [0.4, 0.5) is 16.1 Å². The van der Waals surface area contributed by atoms with Gasteiger partial charge in [-0.25, -0.2) is 4.39 Å². The van der Waals surface area contributed by atoms with Crippen molar-refractivity contribution in [3.63, 3.8) is 0 Å². The van der Waals surface area contributed by atoms with E-state index in [4.69, 9.17) is 10.2 Å². The van der Waals surface area contributed by atoms with E-state index < -0.39 is 6.17 Å². The van der Waals surface area contributed by atoms with Crippen molar-refractivity contribution in [1.82, 2.24) is 4.98 Å². The molecular weight excluding hydrogens is 221 g/mol. The molecule has 90 valence electrons. The lowest BCUT2D eigenvalue weighted by molar-refractivity contribution is 0.281. The Balaban J connectivity index is 1.94. The molecule has 0 spiro atoms. The molecule has 0 amide bonds. The van der Waals surface area contributed by atoms with Crippen molar-refractivity contribution in [1.29, 1.82) is 0 Å². The summed E-state index contributed by atoms with van der Waals surface area (Å²) >= 11 is 0. The Morgan fingerprint density at radius 3 is 3.18 bits per heavy atom. The van der Waals surface area contributed by atoms with Gasteiger partial charge in [0, 0.05) is 18.3 Å². The Kier molecular flexibility index (Phi) is 2.39. The number of rotatable bonds is 1. The van der Waals surface area contributed by atoms with Crippen molar-refractivity contribution in [2.75, 3.05) is 23.7 Å². The van der Waals surface area contributed by atoms with Crippen LogP contribution in [0.5, 0.6) is 0 Å². The molecule has 0 unspecified atom stereocenters. The maximum atomic E-state index is 13.3. The van der Waals surface area contributed by atoms with E-state index in [9.17, 15) is 4.39 Å². The zero-order valence-corrected chi connectivity index (χ0v) is 9.40. The molecule has 1 atom stereocenters. The smallest absolute Gasteiger partial charge is 0.298 e. The molecule has 0 saturated carbocycles. The first-order valence-corrected chi connectivity index (χ1v) is 5.77. The molecule has 1 aromatic carbocycles. The number of fused-ring (bicyclic) bond motifs is 1. The van der Waals surface area contributed by atoms with Gasteiger partial charge in [0.05, 0.1) is 6.54 Å². The Morgan fingerprint density at radius 2 is 2.35 bits per heavy atom. The van der Waals surface area contributed by atoms with Crippen LogP contribution in [-0.2, 0) is 0 Å². The molecule has 1 aromatic heterocycles. The summed E-state index contributed by atoms with van der Waals surface area (Å²) in [5, 5.41) is 0. The van der Waals surface area contributed by atoms with Gasteiger partial charge in [0.1, 0.15) is 11.7 Å². The predicted octanol–water partition coefficient (Wildman–Crippen LogP) is 2.35. The highest BCUT2D eigenvalue weighted by molar-refractivity contribution is 5.78. The van der Waals surface area contributed by atoms with Gasteiger partial charge in [-0.05, 0) is 25.0 Å². The third-order valence-corrected chi connectivity index (χ3v) is 3.04. The Bertz CT molecular complexity index is 540. The van der Waals surface area contributed by atoms with E-state index in [0.717, 1.165) is 18.5 Å². The number of piperidine rings is 1. The first-order chi connectivity index (χ1) is 8.22. The summed E-state index contributed by atoms with van der Waals surface area (Å²) in [6.45, 7) is 1.16. The van der Waals surface area contributed by atoms with Crippen LogP contribution in [-0.4, -0.2) is 24.2 Å². The van der Waals surface area contributed by atoms with Crippen LogP contribution in [0.15, 0.2) is 22.6 Å². The summed E-state index contributed by atoms with van der Waals surface area (Å²) in [6.07, 6.45) is 0.676. The largest absolute Gasteiger partial charge is 0.423 e. The first-order valence-electron chi connectivity index (χ1n) is 5.77. The molecule has 0 radical (unpaired) electrons. The molecule has 3 rings (SSSR count). The Labute approximate surface area is 98.2 Å². The SMILES string of the molecule is Nc1ccc2nc(N3CCC[C@H](F)C3)oc2c1. The van der Waals surface area contributed by atoms with Crippen LogP contribution in [0.25, 0.3) is 11.1 Å². The zero-order chi connectivity index (χ0) is 11.8. The molecule has 2 N–H and O–H groups in total. The number of anilines is 2. The standard InChI is InChI=1S/C12H14FN3O/c13-8-2-1-5-16(7-8)12-15-10-4-3-9(14)6-11(10)17-12/h3-4,6,8H,1-2,5,7,14H2/t8-/m0/s1. The van der Waals surface area contributed by atoms with Crippen LogP contribution in [0.3, 0.4) is 0 Å². The Morgan fingerprint density at radius 1 is 1.47 bits per heavy atom. The van der Waals surface area contributed by atoms with Crippen molar-refractivity contribution >= 4 is 22.8 Å². The van der Waals surface area contributed by atoms with Crippen LogP contribution in [0.1, 0.15) is 12.8 Å². The predicted molar refractivity (Wildman–Crippen MR) is 64.8 cm³/mol. The lowest BCUT2D eigenvalue weighted by Crippen LogP contribution is -2.36. The number of nitrogen functional groups attached to an aromatic ring is 1. The van der Waals surface area contributed by atoms with Crippen molar-refractivity contribution < 1.29 is 8.81 Å². The van der Waals surface area contributed by atoms with Gasteiger partial charge in [0.15, 0.2) is 5.58 Å². The highest BCUT2D eigenvalue weighted by Gasteiger charge is 2.22. The molecule has 17 heavy (non-hydrogen) atoms. The van der Waals surface area contributed by atoms with Crippen LogP contribution in [0, 0.1) is 0 Å². The lowest BCUT2D eigenvalue weighted by Gasteiger charge is -2.27. The van der Waals surface area contributed by atoms with E-state index in [1.165, 1.54) is 0 Å². The third kappa shape index (κ3) is 1.92. The molecular formula is C12H14FN3O. The normalized spacial score (nSPS) is 21.0. The van der Waals surface area contributed by atoms with Crippen molar-refractivity contribution in [2.24, 2.45) is 0 Å². The molecule has 0 aliphatic carbocycles. The molecule has 2 aromatic rings. The number of nitrogens with zero attached hydrogens (tertiary/aromatic N) is 2. The number of hydrogen-bond acceptors (Lipinski definition) is 4. The van der Waals surface area contributed by atoms with Gasteiger partial charge in [-0.1, -0.05) is 0 Å². The van der Waals surface area contributed by atoms with Crippen LogP contribution < -0.4 is 10.6 Å². The highest BCUT2D eigenvalue weighted by Crippen LogP contribution is 2.26. The summed E-state index contributed by atoms with van der Waals surface area (Å²) < 4.78 is 18.9. The number of aromatic nitrogens is 1. The fourth-order valence-electron chi connectivity index (χ4n) is 2.16. The minimum atomic E-state index is -0.788. The summed E-state index contributed by atoms with van der Waals surface area (Å²) in [5.74, 6) is 0. The summed E-state index contributed by atoms with van der Waals surface area (Å²) in [5.41, 5.74) is 7.73. The number of alkyl halides is 1. The highest BCUT2D eigenvalue weighted by atomic mass is 19.1. The van der Waals surface area contributed by atoms with Crippen molar-refractivity contribution in [3.05, 3.63) is 18.2 Å². The van der Waals surface area contributed by atoms with Crippen LogP contribution >= 0.6 is 0 Å². The molecule has 2 heterocycles. The summed E-state index contributed by atoms with van der Waals surface area (Å²) in [4.78, 5) is 6.20. The van der Waals surface area contributed by atoms with E-state index in [1.807, 2.05) is 11.0 Å². The maximum Gasteiger partial charge on any atom is 0.298 e. The maximum absolute atomic E-state index is 13.3. The molecule has 4 nitrogen and oxygen atoms in total. The van der Waals surface area contributed by atoms with E-state index in [1.54, 1.807) is 12.1 Å². The van der Waals surface area contributed by atoms with Gasteiger partial charge >= 0.3 is 0 Å². The monoisotopic (exact) mass is 235 g/mol. The van der Waals surface area contributed by atoms with Gasteiger partial charge < -0.3 is 15.1 Å². The van der Waals surface area contributed by atoms with Crippen LogP contribution in [0.2, 0.25) is 0 Å². The molecule has 5 heteroatoms. The second-order valence-electron chi connectivity index (χ2n) is 4.41. The molecule has 1 aliphatic heterocycles. The zero-order valence-electron chi connectivity index (χ0n) is 9.40. The second kappa shape index (κ2) is 3.91. The quantitative estimate of drug-likeness (QED) is 0.771. The molecule has 0 bridgehead atoms. The topological polar surface area (TPSA) is 55.3 Å². The van der Waals surface area contributed by atoms with Gasteiger partial charge in [0.2, 0.25) is 0 Å². The van der Waals surface area contributed by atoms with E-state index in [0.29, 0.717) is 30.3 Å². The average molecular weight is 235 g/mol. The van der Waals surface area contributed by atoms with Gasteiger partial charge in [-0.15, -0.1) is 0 Å². The minimum Gasteiger partial charge on any atom is -0.423 e. The molecule has 1 saturated heterocycles. The molecule has 1 aliphatic rings.